The topological polar surface area (TPSA) is 46.4 Å². The van der Waals surface area contributed by atoms with Crippen LogP contribution >= 0.6 is 0 Å². The van der Waals surface area contributed by atoms with Gasteiger partial charge in [-0.2, -0.15) is 13.2 Å². The van der Waals surface area contributed by atoms with Gasteiger partial charge in [0.25, 0.3) is 5.91 Å². The summed E-state index contributed by atoms with van der Waals surface area (Å²) in [7, 11) is 0. The smallest absolute Gasteiger partial charge is 0.306 e. The number of rotatable bonds is 3. The highest BCUT2D eigenvalue weighted by molar-refractivity contribution is 6.06. The molecule has 1 N–H and O–H groups in total. The van der Waals surface area contributed by atoms with E-state index in [-0.39, 0.29) is 22.6 Å². The molecule has 0 radical (unpaired) electrons. The monoisotopic (exact) mass is 417 g/mol. The van der Waals surface area contributed by atoms with Crippen molar-refractivity contribution in [2.45, 2.75) is 6.18 Å². The first-order valence-electron chi connectivity index (χ1n) is 8.65. The predicted octanol–water partition coefficient (Wildman–Crippen LogP) is 5.55. The minimum absolute atomic E-state index is 0.110. The Morgan fingerprint density at radius 3 is 2.47 bits per heavy atom. The summed E-state index contributed by atoms with van der Waals surface area (Å²) in [6.07, 6.45) is -3.02. The fourth-order valence-corrected chi connectivity index (χ4v) is 2.98. The molecule has 30 heavy (non-hydrogen) atoms. The van der Waals surface area contributed by atoms with Gasteiger partial charge in [0.2, 0.25) is 0 Å². The highest BCUT2D eigenvalue weighted by Gasteiger charge is 2.31. The molecule has 4 nitrogen and oxygen atoms in total. The summed E-state index contributed by atoms with van der Waals surface area (Å²) in [6, 6.07) is 12.1. The molecule has 0 fully saturated rings. The van der Waals surface area contributed by atoms with Gasteiger partial charge in [0.05, 0.1) is 5.56 Å². The van der Waals surface area contributed by atoms with Crippen LogP contribution in [-0.2, 0) is 6.18 Å². The number of carbonyl (C=O) groups is 1. The third-order valence-electron chi connectivity index (χ3n) is 4.41. The molecule has 0 saturated carbocycles. The normalized spacial score (nSPS) is 11.6. The second-order valence-corrected chi connectivity index (χ2v) is 6.40. The first-order chi connectivity index (χ1) is 14.2. The molecule has 0 saturated heterocycles. The fraction of sp³-hybridized carbons (Fsp3) is 0.0476. The van der Waals surface area contributed by atoms with E-state index in [0.29, 0.717) is 5.65 Å². The lowest BCUT2D eigenvalue weighted by Gasteiger charge is -2.10. The number of carbonyl (C=O) groups excluding carboxylic acids is 1. The maximum Gasteiger partial charge on any atom is 0.416 e. The molecule has 4 rings (SSSR count). The van der Waals surface area contributed by atoms with E-state index in [1.807, 2.05) is 0 Å². The number of amides is 1. The number of anilines is 1. The van der Waals surface area contributed by atoms with Gasteiger partial charge < -0.3 is 5.32 Å². The number of nitrogens with one attached hydrogen (secondary N) is 1. The number of pyridine rings is 1. The average Bonchev–Trinajstić information content (AvgIpc) is 3.08. The van der Waals surface area contributed by atoms with Gasteiger partial charge in [-0.25, -0.2) is 13.8 Å². The van der Waals surface area contributed by atoms with Crippen molar-refractivity contribution in [3.8, 4) is 11.3 Å². The summed E-state index contributed by atoms with van der Waals surface area (Å²) >= 11 is 0. The Labute approximate surface area is 166 Å². The second-order valence-electron chi connectivity index (χ2n) is 6.40. The lowest BCUT2D eigenvalue weighted by molar-refractivity contribution is -0.137. The van der Waals surface area contributed by atoms with Crippen LogP contribution in [0, 0.1) is 11.6 Å². The van der Waals surface area contributed by atoms with Crippen LogP contribution in [0.2, 0.25) is 0 Å². The van der Waals surface area contributed by atoms with E-state index < -0.39 is 29.3 Å². The number of fused-ring (bicyclic) bond motifs is 1. The van der Waals surface area contributed by atoms with Crippen molar-refractivity contribution in [2.24, 2.45) is 0 Å². The van der Waals surface area contributed by atoms with E-state index in [9.17, 15) is 26.7 Å². The van der Waals surface area contributed by atoms with E-state index in [1.165, 1.54) is 16.5 Å². The maximum atomic E-state index is 13.7. The van der Waals surface area contributed by atoms with Gasteiger partial charge in [-0.3, -0.25) is 9.20 Å². The van der Waals surface area contributed by atoms with Gasteiger partial charge >= 0.3 is 6.18 Å². The van der Waals surface area contributed by atoms with Gasteiger partial charge in [-0.1, -0.05) is 12.1 Å². The quantitative estimate of drug-likeness (QED) is 0.444. The zero-order chi connectivity index (χ0) is 21.5. The molecule has 0 aliphatic heterocycles. The van der Waals surface area contributed by atoms with Crippen LogP contribution in [-0.4, -0.2) is 15.3 Å². The third-order valence-corrected chi connectivity index (χ3v) is 4.41. The number of alkyl halides is 3. The number of hydrogen-bond acceptors (Lipinski definition) is 2. The van der Waals surface area contributed by atoms with E-state index >= 15 is 0 Å². The Kier molecular flexibility index (Phi) is 4.73. The molecule has 0 atom stereocenters. The van der Waals surface area contributed by atoms with Gasteiger partial charge in [0, 0.05) is 17.3 Å². The van der Waals surface area contributed by atoms with Crippen molar-refractivity contribution in [1.82, 2.24) is 9.38 Å². The SMILES string of the molecule is O=C(Nc1c(-c2ccc(F)c(F)c2)nc2ccccn12)c1cccc(C(F)(F)F)c1. The number of aromatic nitrogens is 2. The molecular formula is C21H12F5N3O. The Balaban J connectivity index is 1.79. The molecule has 0 spiro atoms. The summed E-state index contributed by atoms with van der Waals surface area (Å²) in [5, 5.41) is 2.54. The van der Waals surface area contributed by atoms with E-state index in [1.54, 1.807) is 24.4 Å². The molecule has 2 aromatic carbocycles. The van der Waals surface area contributed by atoms with E-state index in [4.69, 9.17) is 0 Å². The Hall–Kier alpha value is -3.75. The second kappa shape index (κ2) is 7.25. The molecule has 2 heterocycles. The maximum absolute atomic E-state index is 13.7. The number of benzene rings is 2. The summed E-state index contributed by atoms with van der Waals surface area (Å²) in [5.74, 6) is -2.84. The lowest BCUT2D eigenvalue weighted by Crippen LogP contribution is -2.15. The van der Waals surface area contributed by atoms with Gasteiger partial charge in [0.1, 0.15) is 17.2 Å². The summed E-state index contributed by atoms with van der Waals surface area (Å²) < 4.78 is 67.4. The van der Waals surface area contributed by atoms with E-state index in [0.717, 1.165) is 30.3 Å². The Morgan fingerprint density at radius 2 is 1.73 bits per heavy atom. The zero-order valence-electron chi connectivity index (χ0n) is 15.0. The van der Waals surface area contributed by atoms with Crippen LogP contribution in [0.3, 0.4) is 0 Å². The molecule has 9 heteroatoms. The fourth-order valence-electron chi connectivity index (χ4n) is 2.98. The minimum Gasteiger partial charge on any atom is -0.306 e. The minimum atomic E-state index is -4.60. The number of hydrogen-bond donors (Lipinski definition) is 1. The van der Waals surface area contributed by atoms with Crippen molar-refractivity contribution in [3.63, 3.8) is 0 Å². The van der Waals surface area contributed by atoms with Crippen LogP contribution in [0.1, 0.15) is 15.9 Å². The first-order valence-corrected chi connectivity index (χ1v) is 8.65. The molecule has 0 aliphatic rings. The first kappa shape index (κ1) is 19.6. The number of imidazole rings is 1. The molecule has 0 bridgehead atoms. The van der Waals surface area contributed by atoms with Crippen molar-refractivity contribution in [1.29, 1.82) is 0 Å². The predicted molar refractivity (Wildman–Crippen MR) is 99.9 cm³/mol. The summed E-state index contributed by atoms with van der Waals surface area (Å²) in [4.78, 5) is 17.0. The average molecular weight is 417 g/mol. The molecule has 4 aromatic rings. The van der Waals surface area contributed by atoms with E-state index in [2.05, 4.69) is 10.3 Å². The van der Waals surface area contributed by atoms with Gasteiger partial charge in [0.15, 0.2) is 11.6 Å². The molecule has 1 amide bonds. The zero-order valence-corrected chi connectivity index (χ0v) is 15.0. The molecule has 0 aliphatic carbocycles. The third kappa shape index (κ3) is 3.61. The molecular weight excluding hydrogens is 405 g/mol. The number of nitrogens with zero attached hydrogens (tertiary/aromatic N) is 2. The van der Waals surface area contributed by atoms with Crippen LogP contribution < -0.4 is 5.32 Å². The standard InChI is InChI=1S/C21H12F5N3O/c22-15-8-7-12(11-16(15)23)18-19(29-9-2-1-6-17(29)27-18)28-20(30)13-4-3-5-14(10-13)21(24,25)26/h1-11H,(H,28,30). The van der Waals surface area contributed by atoms with Crippen molar-refractivity contribution in [3.05, 3.63) is 89.6 Å². The van der Waals surface area contributed by atoms with Gasteiger partial charge in [-0.15, -0.1) is 0 Å². The highest BCUT2D eigenvalue weighted by Crippen LogP contribution is 2.32. The van der Waals surface area contributed by atoms with Crippen LogP contribution in [0.5, 0.6) is 0 Å². The van der Waals surface area contributed by atoms with Crippen molar-refractivity contribution in [2.75, 3.05) is 5.32 Å². The highest BCUT2D eigenvalue weighted by atomic mass is 19.4. The van der Waals surface area contributed by atoms with Crippen LogP contribution in [0.15, 0.2) is 66.9 Å². The Morgan fingerprint density at radius 1 is 0.933 bits per heavy atom. The summed E-state index contributed by atoms with van der Waals surface area (Å²) in [6.45, 7) is 0. The summed E-state index contributed by atoms with van der Waals surface area (Å²) in [5.41, 5.74) is -0.449. The van der Waals surface area contributed by atoms with Crippen molar-refractivity contribution < 1.29 is 26.7 Å². The van der Waals surface area contributed by atoms with Crippen LogP contribution in [0.4, 0.5) is 27.8 Å². The molecule has 152 valence electrons. The Bertz CT molecular complexity index is 1260. The molecule has 0 unspecified atom stereocenters. The lowest BCUT2D eigenvalue weighted by atomic mass is 10.1. The number of halogens is 5. The van der Waals surface area contributed by atoms with Crippen molar-refractivity contribution >= 4 is 17.4 Å². The molecule has 2 aromatic heterocycles. The van der Waals surface area contributed by atoms with Crippen LogP contribution in [0.25, 0.3) is 16.9 Å². The largest absolute Gasteiger partial charge is 0.416 e. The van der Waals surface area contributed by atoms with Gasteiger partial charge in [-0.05, 0) is 48.5 Å².